The Bertz CT molecular complexity index is 462. The molecule has 0 aromatic heterocycles. The summed E-state index contributed by atoms with van der Waals surface area (Å²) in [6, 6.07) is 15.5. The minimum atomic E-state index is -0.318. The second-order valence-electron chi connectivity index (χ2n) is 3.58. The SMILES string of the molecule is O=C[C@@H](c1ccccc1)c1ccc(F)cc1. The molecule has 0 spiro atoms. The van der Waals surface area contributed by atoms with Crippen LogP contribution in [0, 0.1) is 5.82 Å². The Labute approximate surface area is 93.5 Å². The Kier molecular flexibility index (Phi) is 3.10. The Hall–Kier alpha value is -1.96. The summed E-state index contributed by atoms with van der Waals surface area (Å²) in [7, 11) is 0. The van der Waals surface area contributed by atoms with E-state index in [1.807, 2.05) is 30.3 Å². The van der Waals surface area contributed by atoms with Crippen molar-refractivity contribution in [2.45, 2.75) is 5.92 Å². The summed E-state index contributed by atoms with van der Waals surface area (Å²) in [5.41, 5.74) is 1.73. The third kappa shape index (κ3) is 2.16. The summed E-state index contributed by atoms with van der Waals surface area (Å²) in [5.74, 6) is -0.608. The van der Waals surface area contributed by atoms with E-state index in [4.69, 9.17) is 0 Å². The number of aldehydes is 1. The summed E-state index contributed by atoms with van der Waals surface area (Å²) < 4.78 is 12.8. The van der Waals surface area contributed by atoms with Crippen molar-refractivity contribution in [3.63, 3.8) is 0 Å². The molecule has 16 heavy (non-hydrogen) atoms. The largest absolute Gasteiger partial charge is 0.302 e. The second kappa shape index (κ2) is 4.71. The van der Waals surface area contributed by atoms with Crippen LogP contribution in [0.3, 0.4) is 0 Å². The molecule has 0 bridgehead atoms. The van der Waals surface area contributed by atoms with E-state index in [0.717, 1.165) is 17.4 Å². The van der Waals surface area contributed by atoms with E-state index in [2.05, 4.69) is 0 Å². The van der Waals surface area contributed by atoms with Crippen LogP contribution >= 0.6 is 0 Å². The van der Waals surface area contributed by atoms with Crippen molar-refractivity contribution in [1.29, 1.82) is 0 Å². The van der Waals surface area contributed by atoms with Gasteiger partial charge in [-0.3, -0.25) is 0 Å². The average molecular weight is 214 g/mol. The van der Waals surface area contributed by atoms with Crippen molar-refractivity contribution >= 4 is 6.29 Å². The first-order valence-electron chi connectivity index (χ1n) is 5.07. The number of benzene rings is 2. The fraction of sp³-hybridized carbons (Fsp3) is 0.0714. The number of hydrogen-bond acceptors (Lipinski definition) is 1. The van der Waals surface area contributed by atoms with Crippen LogP contribution in [0.5, 0.6) is 0 Å². The Morgan fingerprint density at radius 1 is 0.875 bits per heavy atom. The van der Waals surface area contributed by atoms with Gasteiger partial charge in [0.1, 0.15) is 12.1 Å². The van der Waals surface area contributed by atoms with E-state index in [9.17, 15) is 9.18 Å². The van der Waals surface area contributed by atoms with E-state index >= 15 is 0 Å². The molecule has 1 atom stereocenters. The van der Waals surface area contributed by atoms with Gasteiger partial charge >= 0.3 is 0 Å². The van der Waals surface area contributed by atoms with Gasteiger partial charge in [-0.05, 0) is 23.3 Å². The molecule has 0 amide bonds. The maximum atomic E-state index is 12.8. The van der Waals surface area contributed by atoms with Gasteiger partial charge in [0.2, 0.25) is 0 Å². The molecule has 0 heterocycles. The molecular weight excluding hydrogens is 203 g/mol. The molecule has 2 heteroatoms. The Balaban J connectivity index is 2.37. The third-order valence-corrected chi connectivity index (χ3v) is 2.52. The quantitative estimate of drug-likeness (QED) is 0.717. The van der Waals surface area contributed by atoms with Crippen molar-refractivity contribution in [3.8, 4) is 0 Å². The molecule has 0 aliphatic rings. The van der Waals surface area contributed by atoms with Gasteiger partial charge in [0.05, 0.1) is 5.92 Å². The first-order chi connectivity index (χ1) is 7.81. The predicted octanol–water partition coefficient (Wildman–Crippen LogP) is 3.16. The number of halogens is 1. The van der Waals surface area contributed by atoms with Gasteiger partial charge in [0.25, 0.3) is 0 Å². The van der Waals surface area contributed by atoms with Gasteiger partial charge in [0.15, 0.2) is 0 Å². The summed E-state index contributed by atoms with van der Waals surface area (Å²) in [4.78, 5) is 11.1. The fourth-order valence-electron chi connectivity index (χ4n) is 1.68. The Morgan fingerprint density at radius 3 is 2.00 bits per heavy atom. The lowest BCUT2D eigenvalue weighted by Gasteiger charge is -2.10. The fourth-order valence-corrected chi connectivity index (χ4v) is 1.68. The summed E-state index contributed by atoms with van der Waals surface area (Å²) >= 11 is 0. The summed E-state index contributed by atoms with van der Waals surface area (Å²) in [6.45, 7) is 0. The van der Waals surface area contributed by atoms with Crippen LogP contribution in [-0.2, 0) is 4.79 Å². The molecule has 1 nitrogen and oxygen atoms in total. The van der Waals surface area contributed by atoms with Gasteiger partial charge in [0, 0.05) is 0 Å². The minimum absolute atomic E-state index is 0.290. The van der Waals surface area contributed by atoms with Crippen molar-refractivity contribution in [2.24, 2.45) is 0 Å². The van der Waals surface area contributed by atoms with Crippen LogP contribution in [0.2, 0.25) is 0 Å². The zero-order chi connectivity index (χ0) is 11.4. The van der Waals surface area contributed by atoms with E-state index in [1.165, 1.54) is 12.1 Å². The van der Waals surface area contributed by atoms with Crippen molar-refractivity contribution in [3.05, 3.63) is 71.5 Å². The smallest absolute Gasteiger partial charge is 0.131 e. The van der Waals surface area contributed by atoms with Gasteiger partial charge in [-0.1, -0.05) is 42.5 Å². The highest BCUT2D eigenvalue weighted by Crippen LogP contribution is 2.22. The molecule has 80 valence electrons. The number of carbonyl (C=O) groups is 1. The predicted molar refractivity (Wildman–Crippen MR) is 60.7 cm³/mol. The first-order valence-corrected chi connectivity index (χ1v) is 5.07. The van der Waals surface area contributed by atoms with Gasteiger partial charge in [-0.2, -0.15) is 0 Å². The van der Waals surface area contributed by atoms with Gasteiger partial charge < -0.3 is 4.79 Å². The van der Waals surface area contributed by atoms with E-state index in [0.29, 0.717) is 0 Å². The van der Waals surface area contributed by atoms with Crippen LogP contribution in [0.1, 0.15) is 17.0 Å². The lowest BCUT2D eigenvalue weighted by molar-refractivity contribution is -0.108. The molecule has 0 radical (unpaired) electrons. The first kappa shape index (κ1) is 10.6. The van der Waals surface area contributed by atoms with Crippen LogP contribution in [0.4, 0.5) is 4.39 Å². The lowest BCUT2D eigenvalue weighted by atomic mass is 9.93. The molecule has 0 fully saturated rings. The van der Waals surface area contributed by atoms with Crippen LogP contribution in [0.15, 0.2) is 54.6 Å². The molecule has 0 aliphatic carbocycles. The Morgan fingerprint density at radius 2 is 1.44 bits per heavy atom. The zero-order valence-corrected chi connectivity index (χ0v) is 8.64. The van der Waals surface area contributed by atoms with E-state index < -0.39 is 0 Å². The molecular formula is C14H11FO. The lowest BCUT2D eigenvalue weighted by Crippen LogP contribution is -2.02. The number of rotatable bonds is 3. The minimum Gasteiger partial charge on any atom is -0.302 e. The van der Waals surface area contributed by atoms with Crippen molar-refractivity contribution in [1.82, 2.24) is 0 Å². The van der Waals surface area contributed by atoms with Gasteiger partial charge in [-0.15, -0.1) is 0 Å². The van der Waals surface area contributed by atoms with Crippen LogP contribution < -0.4 is 0 Å². The molecule has 0 aliphatic heterocycles. The zero-order valence-electron chi connectivity index (χ0n) is 8.64. The topological polar surface area (TPSA) is 17.1 Å². The van der Waals surface area contributed by atoms with Crippen LogP contribution in [-0.4, -0.2) is 6.29 Å². The molecule has 2 aromatic rings. The molecule has 2 aromatic carbocycles. The van der Waals surface area contributed by atoms with E-state index in [-0.39, 0.29) is 11.7 Å². The molecule has 0 saturated heterocycles. The molecule has 0 unspecified atom stereocenters. The van der Waals surface area contributed by atoms with Crippen molar-refractivity contribution < 1.29 is 9.18 Å². The molecule has 0 N–H and O–H groups in total. The number of hydrogen-bond donors (Lipinski definition) is 0. The third-order valence-electron chi connectivity index (χ3n) is 2.52. The standard InChI is InChI=1S/C14H11FO/c15-13-8-6-12(7-9-13)14(10-16)11-4-2-1-3-5-11/h1-10,14H/t14-/m0/s1. The summed E-state index contributed by atoms with van der Waals surface area (Å²) in [6.07, 6.45) is 0.878. The maximum absolute atomic E-state index is 12.8. The van der Waals surface area contributed by atoms with Crippen LogP contribution in [0.25, 0.3) is 0 Å². The number of carbonyl (C=O) groups excluding carboxylic acids is 1. The monoisotopic (exact) mass is 214 g/mol. The summed E-state index contributed by atoms with van der Waals surface area (Å²) in [5, 5.41) is 0. The second-order valence-corrected chi connectivity index (χ2v) is 3.58. The molecule has 2 rings (SSSR count). The van der Waals surface area contributed by atoms with E-state index in [1.54, 1.807) is 12.1 Å². The highest BCUT2D eigenvalue weighted by atomic mass is 19.1. The van der Waals surface area contributed by atoms with Crippen molar-refractivity contribution in [2.75, 3.05) is 0 Å². The van der Waals surface area contributed by atoms with Gasteiger partial charge in [-0.25, -0.2) is 4.39 Å². The highest BCUT2D eigenvalue weighted by Gasteiger charge is 2.12. The maximum Gasteiger partial charge on any atom is 0.131 e. The average Bonchev–Trinajstić information content (AvgIpc) is 2.34. The highest BCUT2D eigenvalue weighted by molar-refractivity contribution is 5.68. The normalized spacial score (nSPS) is 12.1. The molecule has 0 saturated carbocycles.